The molecule has 1 aromatic heterocycles. The number of aliphatic carboxylic acids is 1. The molecule has 6 heteroatoms. The van der Waals surface area contributed by atoms with Gasteiger partial charge in [0.05, 0.1) is 0 Å². The third-order valence-electron chi connectivity index (χ3n) is 3.51. The van der Waals surface area contributed by atoms with Gasteiger partial charge < -0.3 is 15.1 Å². The Hall–Kier alpha value is -1.40. The number of amides is 1. The standard InChI is InChI=1S/C13H17NO4S/c15-11(4-3-10-2-1-9-19-10)14-7-5-13(18,6-8-14)12(16)17/h1-2,9,18H,3-8H2,(H,16,17). The zero-order valence-corrected chi connectivity index (χ0v) is 11.4. The Kier molecular flexibility index (Phi) is 4.21. The highest BCUT2D eigenvalue weighted by molar-refractivity contribution is 7.09. The van der Waals surface area contributed by atoms with Crippen molar-refractivity contribution in [3.05, 3.63) is 22.4 Å². The van der Waals surface area contributed by atoms with Crippen LogP contribution in [0.5, 0.6) is 0 Å². The van der Waals surface area contributed by atoms with Crippen LogP contribution in [0.4, 0.5) is 0 Å². The molecule has 1 aliphatic rings. The number of carboxylic acids is 1. The lowest BCUT2D eigenvalue weighted by molar-refractivity contribution is -0.165. The monoisotopic (exact) mass is 283 g/mol. The largest absolute Gasteiger partial charge is 0.479 e. The highest BCUT2D eigenvalue weighted by atomic mass is 32.1. The van der Waals surface area contributed by atoms with Crippen LogP contribution in [0.25, 0.3) is 0 Å². The first kappa shape index (κ1) is 14.0. The summed E-state index contributed by atoms with van der Waals surface area (Å²) in [6, 6.07) is 3.95. The maximum Gasteiger partial charge on any atom is 0.335 e. The number of carboxylic acid groups (broad SMARTS) is 1. The van der Waals surface area contributed by atoms with Crippen molar-refractivity contribution in [2.75, 3.05) is 13.1 Å². The number of aryl methyl sites for hydroxylation is 1. The molecule has 0 bridgehead atoms. The maximum absolute atomic E-state index is 12.0. The fourth-order valence-electron chi connectivity index (χ4n) is 2.18. The summed E-state index contributed by atoms with van der Waals surface area (Å²) >= 11 is 1.63. The molecular weight excluding hydrogens is 266 g/mol. The molecule has 0 spiro atoms. The van der Waals surface area contributed by atoms with E-state index < -0.39 is 11.6 Å². The van der Waals surface area contributed by atoms with Crippen LogP contribution in [-0.4, -0.2) is 45.7 Å². The number of carbonyl (C=O) groups is 2. The van der Waals surface area contributed by atoms with Crippen molar-refractivity contribution < 1.29 is 19.8 Å². The van der Waals surface area contributed by atoms with Gasteiger partial charge in [0.25, 0.3) is 0 Å². The van der Waals surface area contributed by atoms with Gasteiger partial charge in [-0.3, -0.25) is 4.79 Å². The number of likely N-dealkylation sites (tertiary alicyclic amines) is 1. The molecule has 1 aliphatic heterocycles. The molecule has 0 unspecified atom stereocenters. The van der Waals surface area contributed by atoms with Crippen molar-refractivity contribution in [3.63, 3.8) is 0 Å². The molecule has 1 aromatic rings. The molecule has 19 heavy (non-hydrogen) atoms. The number of hydrogen-bond donors (Lipinski definition) is 2. The second-order valence-electron chi connectivity index (χ2n) is 4.80. The third kappa shape index (κ3) is 3.33. The van der Waals surface area contributed by atoms with E-state index in [2.05, 4.69) is 0 Å². The second kappa shape index (κ2) is 5.71. The second-order valence-corrected chi connectivity index (χ2v) is 5.83. The molecule has 2 rings (SSSR count). The minimum absolute atomic E-state index is 0.0286. The number of piperidine rings is 1. The highest BCUT2D eigenvalue weighted by Crippen LogP contribution is 2.23. The van der Waals surface area contributed by atoms with E-state index in [1.807, 2.05) is 17.5 Å². The normalized spacial score (nSPS) is 18.3. The van der Waals surface area contributed by atoms with Crippen molar-refractivity contribution in [1.29, 1.82) is 0 Å². The van der Waals surface area contributed by atoms with Gasteiger partial charge in [0.1, 0.15) is 0 Å². The number of aliphatic hydroxyl groups is 1. The van der Waals surface area contributed by atoms with Crippen LogP contribution in [0.1, 0.15) is 24.1 Å². The van der Waals surface area contributed by atoms with Crippen LogP contribution in [0, 0.1) is 0 Å². The Labute approximate surface area is 115 Å². The quantitative estimate of drug-likeness (QED) is 0.868. The van der Waals surface area contributed by atoms with Gasteiger partial charge in [0.15, 0.2) is 5.60 Å². The first-order valence-corrected chi connectivity index (χ1v) is 7.15. The van der Waals surface area contributed by atoms with Crippen LogP contribution in [0.2, 0.25) is 0 Å². The van der Waals surface area contributed by atoms with Gasteiger partial charge in [-0.25, -0.2) is 4.79 Å². The van der Waals surface area contributed by atoms with Gasteiger partial charge >= 0.3 is 5.97 Å². The van der Waals surface area contributed by atoms with Crippen LogP contribution in [0.15, 0.2) is 17.5 Å². The minimum Gasteiger partial charge on any atom is -0.479 e. The van der Waals surface area contributed by atoms with Crippen LogP contribution in [-0.2, 0) is 16.0 Å². The summed E-state index contributed by atoms with van der Waals surface area (Å²) in [6.07, 6.45) is 1.36. The van der Waals surface area contributed by atoms with E-state index in [-0.39, 0.29) is 18.7 Å². The molecule has 104 valence electrons. The highest BCUT2D eigenvalue weighted by Gasteiger charge is 2.40. The first-order valence-electron chi connectivity index (χ1n) is 6.27. The molecule has 0 saturated carbocycles. The van der Waals surface area contributed by atoms with Gasteiger partial charge in [0, 0.05) is 37.2 Å². The van der Waals surface area contributed by atoms with E-state index in [4.69, 9.17) is 5.11 Å². The van der Waals surface area contributed by atoms with Gasteiger partial charge in [0.2, 0.25) is 5.91 Å². The van der Waals surface area contributed by atoms with E-state index >= 15 is 0 Å². The van der Waals surface area contributed by atoms with E-state index in [0.29, 0.717) is 19.5 Å². The van der Waals surface area contributed by atoms with Crippen molar-refractivity contribution in [1.82, 2.24) is 4.90 Å². The number of hydrogen-bond acceptors (Lipinski definition) is 4. The van der Waals surface area contributed by atoms with Crippen molar-refractivity contribution >= 4 is 23.2 Å². The Morgan fingerprint density at radius 3 is 2.58 bits per heavy atom. The minimum atomic E-state index is -1.66. The number of thiophene rings is 1. The molecule has 1 saturated heterocycles. The smallest absolute Gasteiger partial charge is 0.335 e. The summed E-state index contributed by atoms with van der Waals surface area (Å²) in [5.41, 5.74) is -1.66. The SMILES string of the molecule is O=C(CCc1cccs1)N1CCC(O)(C(=O)O)CC1. The molecule has 2 heterocycles. The predicted molar refractivity (Wildman–Crippen MR) is 71.0 cm³/mol. The Morgan fingerprint density at radius 1 is 1.37 bits per heavy atom. The first-order chi connectivity index (χ1) is 9.01. The van der Waals surface area contributed by atoms with Crippen molar-refractivity contribution in [3.8, 4) is 0 Å². The summed E-state index contributed by atoms with van der Waals surface area (Å²) < 4.78 is 0. The lowest BCUT2D eigenvalue weighted by atomic mass is 9.91. The number of rotatable bonds is 4. The van der Waals surface area contributed by atoms with Gasteiger partial charge in [-0.2, -0.15) is 0 Å². The zero-order chi connectivity index (χ0) is 13.9. The summed E-state index contributed by atoms with van der Waals surface area (Å²) in [7, 11) is 0. The lowest BCUT2D eigenvalue weighted by Crippen LogP contribution is -2.50. The maximum atomic E-state index is 12.0. The molecule has 1 fully saturated rings. The molecular formula is C13H17NO4S. The molecule has 1 amide bonds. The molecule has 2 N–H and O–H groups in total. The Bertz CT molecular complexity index is 449. The molecule has 0 aliphatic carbocycles. The Balaban J connectivity index is 1.81. The average molecular weight is 283 g/mol. The zero-order valence-electron chi connectivity index (χ0n) is 10.5. The van der Waals surface area contributed by atoms with E-state index in [1.54, 1.807) is 16.2 Å². The van der Waals surface area contributed by atoms with Crippen LogP contribution in [0.3, 0.4) is 0 Å². The molecule has 5 nitrogen and oxygen atoms in total. The van der Waals surface area contributed by atoms with E-state index in [1.165, 1.54) is 4.88 Å². The molecule has 0 atom stereocenters. The molecule has 0 radical (unpaired) electrons. The fraction of sp³-hybridized carbons (Fsp3) is 0.538. The van der Waals surface area contributed by atoms with Crippen molar-refractivity contribution in [2.24, 2.45) is 0 Å². The van der Waals surface area contributed by atoms with E-state index in [0.717, 1.165) is 6.42 Å². The average Bonchev–Trinajstić information content (AvgIpc) is 2.90. The number of carbonyl (C=O) groups excluding carboxylic acids is 1. The summed E-state index contributed by atoms with van der Waals surface area (Å²) in [4.78, 5) is 25.7. The predicted octanol–water partition coefficient (Wildman–Crippen LogP) is 1.12. The van der Waals surface area contributed by atoms with Gasteiger partial charge in [-0.15, -0.1) is 11.3 Å². The van der Waals surface area contributed by atoms with Gasteiger partial charge in [-0.05, 0) is 17.9 Å². The molecule has 0 aromatic carbocycles. The van der Waals surface area contributed by atoms with Crippen LogP contribution < -0.4 is 0 Å². The summed E-state index contributed by atoms with van der Waals surface area (Å²) in [5, 5.41) is 20.7. The lowest BCUT2D eigenvalue weighted by Gasteiger charge is -2.35. The topological polar surface area (TPSA) is 77.8 Å². The van der Waals surface area contributed by atoms with Crippen LogP contribution >= 0.6 is 11.3 Å². The summed E-state index contributed by atoms with van der Waals surface area (Å²) in [5.74, 6) is -1.17. The summed E-state index contributed by atoms with van der Waals surface area (Å²) in [6.45, 7) is 0.623. The number of nitrogens with zero attached hydrogens (tertiary/aromatic N) is 1. The Morgan fingerprint density at radius 2 is 2.05 bits per heavy atom. The third-order valence-corrected chi connectivity index (χ3v) is 4.44. The fourth-order valence-corrected chi connectivity index (χ4v) is 2.89. The van der Waals surface area contributed by atoms with Crippen molar-refractivity contribution in [2.45, 2.75) is 31.3 Å². The van der Waals surface area contributed by atoms with Gasteiger partial charge in [-0.1, -0.05) is 6.07 Å². The van der Waals surface area contributed by atoms with E-state index in [9.17, 15) is 14.7 Å².